The summed E-state index contributed by atoms with van der Waals surface area (Å²) in [6, 6.07) is 0.809. The van der Waals surface area contributed by atoms with Crippen LogP contribution in [0.2, 0.25) is 0 Å². The third kappa shape index (κ3) is 5.49. The number of amides is 1. The molecular formula is C15H31N3O. The Kier molecular flexibility index (Phi) is 6.80. The summed E-state index contributed by atoms with van der Waals surface area (Å²) >= 11 is 0. The van der Waals surface area contributed by atoms with Gasteiger partial charge in [-0.3, -0.25) is 4.79 Å². The highest BCUT2D eigenvalue weighted by atomic mass is 16.1. The van der Waals surface area contributed by atoms with E-state index in [4.69, 9.17) is 5.73 Å². The minimum absolute atomic E-state index is 0.227. The molecule has 1 atom stereocenters. The molecule has 1 saturated carbocycles. The van der Waals surface area contributed by atoms with Gasteiger partial charge in [0, 0.05) is 6.04 Å². The molecule has 0 aliphatic heterocycles. The molecule has 0 saturated heterocycles. The lowest BCUT2D eigenvalue weighted by molar-refractivity contribution is -0.124. The van der Waals surface area contributed by atoms with E-state index in [0.29, 0.717) is 0 Å². The standard InChI is InChI=1S/C15H31N3O/c1-4-10-17-15(3,14(16)19)9-6-12-18(11-5-2)13-7-8-13/h13,17H,4-12H2,1-3H3,(H2,16,19). The fraction of sp³-hybridized carbons (Fsp3) is 0.933. The van der Waals surface area contributed by atoms with Gasteiger partial charge in [-0.15, -0.1) is 0 Å². The van der Waals surface area contributed by atoms with Crippen molar-refractivity contribution < 1.29 is 4.79 Å². The van der Waals surface area contributed by atoms with Gasteiger partial charge in [-0.25, -0.2) is 0 Å². The van der Waals surface area contributed by atoms with Crippen LogP contribution in [0.25, 0.3) is 0 Å². The Morgan fingerprint density at radius 1 is 1.32 bits per heavy atom. The Morgan fingerprint density at radius 3 is 2.47 bits per heavy atom. The van der Waals surface area contributed by atoms with Crippen molar-refractivity contribution in [3.63, 3.8) is 0 Å². The van der Waals surface area contributed by atoms with E-state index in [0.717, 1.165) is 38.4 Å². The second-order valence-electron chi connectivity index (χ2n) is 5.99. The highest BCUT2D eigenvalue weighted by molar-refractivity contribution is 5.84. The van der Waals surface area contributed by atoms with Crippen molar-refractivity contribution >= 4 is 5.91 Å². The Balaban J connectivity index is 2.36. The topological polar surface area (TPSA) is 58.4 Å². The molecule has 3 N–H and O–H groups in total. The van der Waals surface area contributed by atoms with Crippen LogP contribution in [-0.4, -0.2) is 42.0 Å². The quantitative estimate of drug-likeness (QED) is 0.602. The molecule has 4 nitrogen and oxygen atoms in total. The fourth-order valence-electron chi connectivity index (χ4n) is 2.54. The van der Waals surface area contributed by atoms with Gasteiger partial charge in [0.2, 0.25) is 5.91 Å². The van der Waals surface area contributed by atoms with Gasteiger partial charge in [0.1, 0.15) is 0 Å². The SMILES string of the molecule is CCCNC(C)(CCCN(CCC)C1CC1)C(N)=O. The number of hydrogen-bond acceptors (Lipinski definition) is 3. The summed E-state index contributed by atoms with van der Waals surface area (Å²) in [5.41, 5.74) is 5.00. The maximum Gasteiger partial charge on any atom is 0.237 e. The molecule has 0 bridgehead atoms. The molecule has 1 aliphatic rings. The smallest absolute Gasteiger partial charge is 0.237 e. The van der Waals surface area contributed by atoms with Crippen molar-refractivity contribution in [1.82, 2.24) is 10.2 Å². The summed E-state index contributed by atoms with van der Waals surface area (Å²) in [5, 5.41) is 3.30. The molecule has 0 spiro atoms. The first-order valence-corrected chi connectivity index (χ1v) is 7.82. The largest absolute Gasteiger partial charge is 0.368 e. The molecule has 112 valence electrons. The highest BCUT2D eigenvalue weighted by Gasteiger charge is 2.31. The molecule has 0 aromatic heterocycles. The number of primary amides is 1. The van der Waals surface area contributed by atoms with Crippen LogP contribution in [0, 0.1) is 0 Å². The van der Waals surface area contributed by atoms with Gasteiger partial charge in [-0.2, -0.15) is 0 Å². The second kappa shape index (κ2) is 7.85. The van der Waals surface area contributed by atoms with Crippen LogP contribution in [0.5, 0.6) is 0 Å². The molecule has 0 radical (unpaired) electrons. The number of nitrogens with two attached hydrogens (primary N) is 1. The van der Waals surface area contributed by atoms with Gasteiger partial charge in [0.25, 0.3) is 0 Å². The van der Waals surface area contributed by atoms with Crippen LogP contribution >= 0.6 is 0 Å². The molecule has 4 heteroatoms. The average Bonchev–Trinajstić information content (AvgIpc) is 3.19. The summed E-state index contributed by atoms with van der Waals surface area (Å²) in [6.07, 6.45) is 6.79. The Hall–Kier alpha value is -0.610. The predicted octanol–water partition coefficient (Wildman–Crippen LogP) is 1.88. The van der Waals surface area contributed by atoms with Crippen molar-refractivity contribution in [2.75, 3.05) is 19.6 Å². The van der Waals surface area contributed by atoms with Gasteiger partial charge >= 0.3 is 0 Å². The van der Waals surface area contributed by atoms with E-state index in [9.17, 15) is 4.79 Å². The number of nitrogens with one attached hydrogen (secondary N) is 1. The molecule has 0 aromatic carbocycles. The molecule has 1 fully saturated rings. The van der Waals surface area contributed by atoms with Crippen LogP contribution in [0.4, 0.5) is 0 Å². The van der Waals surface area contributed by atoms with E-state index in [1.165, 1.54) is 25.8 Å². The lowest BCUT2D eigenvalue weighted by atomic mass is 9.94. The maximum atomic E-state index is 11.6. The van der Waals surface area contributed by atoms with Crippen molar-refractivity contribution in [2.24, 2.45) is 5.73 Å². The molecule has 1 aliphatic carbocycles. The summed E-state index contributed by atoms with van der Waals surface area (Å²) in [7, 11) is 0. The van der Waals surface area contributed by atoms with E-state index < -0.39 is 5.54 Å². The minimum atomic E-state index is -0.544. The third-order valence-electron chi connectivity index (χ3n) is 4.01. The van der Waals surface area contributed by atoms with Gasteiger partial charge in [0.05, 0.1) is 5.54 Å². The Labute approximate surface area is 118 Å². The fourth-order valence-corrected chi connectivity index (χ4v) is 2.54. The predicted molar refractivity (Wildman–Crippen MR) is 80.0 cm³/mol. The normalized spacial score (nSPS) is 18.5. The number of rotatable bonds is 11. The molecule has 0 heterocycles. The molecule has 0 aromatic rings. The number of carbonyl (C=O) groups excluding carboxylic acids is 1. The first kappa shape index (κ1) is 16.4. The Morgan fingerprint density at radius 2 is 2.00 bits per heavy atom. The van der Waals surface area contributed by atoms with E-state index in [2.05, 4.69) is 24.1 Å². The van der Waals surface area contributed by atoms with Gasteiger partial charge in [0.15, 0.2) is 0 Å². The number of carbonyl (C=O) groups is 1. The average molecular weight is 269 g/mol. The van der Waals surface area contributed by atoms with Crippen LogP contribution in [0.3, 0.4) is 0 Å². The first-order valence-electron chi connectivity index (χ1n) is 7.82. The second-order valence-corrected chi connectivity index (χ2v) is 5.99. The summed E-state index contributed by atoms with van der Waals surface area (Å²) in [5.74, 6) is -0.227. The highest BCUT2D eigenvalue weighted by Crippen LogP contribution is 2.27. The van der Waals surface area contributed by atoms with Gasteiger partial charge < -0.3 is 16.0 Å². The zero-order valence-corrected chi connectivity index (χ0v) is 12.9. The minimum Gasteiger partial charge on any atom is -0.368 e. The van der Waals surface area contributed by atoms with Crippen molar-refractivity contribution in [2.45, 2.75) is 70.9 Å². The van der Waals surface area contributed by atoms with E-state index in [-0.39, 0.29) is 5.91 Å². The zero-order valence-electron chi connectivity index (χ0n) is 12.9. The molecule has 1 unspecified atom stereocenters. The molecule has 1 amide bonds. The lowest BCUT2D eigenvalue weighted by Crippen LogP contribution is -2.53. The van der Waals surface area contributed by atoms with Crippen molar-refractivity contribution in [3.05, 3.63) is 0 Å². The van der Waals surface area contributed by atoms with Gasteiger partial charge in [-0.05, 0) is 65.1 Å². The molecular weight excluding hydrogens is 238 g/mol. The van der Waals surface area contributed by atoms with Crippen LogP contribution in [0.1, 0.15) is 59.3 Å². The van der Waals surface area contributed by atoms with Gasteiger partial charge in [-0.1, -0.05) is 13.8 Å². The first-order chi connectivity index (χ1) is 9.03. The lowest BCUT2D eigenvalue weighted by Gasteiger charge is -2.29. The number of hydrogen-bond donors (Lipinski definition) is 2. The Bertz CT molecular complexity index is 279. The van der Waals surface area contributed by atoms with Crippen LogP contribution < -0.4 is 11.1 Å². The monoisotopic (exact) mass is 269 g/mol. The van der Waals surface area contributed by atoms with Crippen LogP contribution in [0.15, 0.2) is 0 Å². The van der Waals surface area contributed by atoms with E-state index >= 15 is 0 Å². The third-order valence-corrected chi connectivity index (χ3v) is 4.01. The van der Waals surface area contributed by atoms with E-state index in [1.54, 1.807) is 0 Å². The molecule has 19 heavy (non-hydrogen) atoms. The molecule has 1 rings (SSSR count). The maximum absolute atomic E-state index is 11.6. The summed E-state index contributed by atoms with van der Waals surface area (Å²) < 4.78 is 0. The summed E-state index contributed by atoms with van der Waals surface area (Å²) in [4.78, 5) is 14.2. The number of nitrogens with zero attached hydrogens (tertiary/aromatic N) is 1. The van der Waals surface area contributed by atoms with E-state index in [1.807, 2.05) is 6.92 Å². The van der Waals surface area contributed by atoms with Crippen molar-refractivity contribution in [3.8, 4) is 0 Å². The van der Waals surface area contributed by atoms with Crippen LogP contribution in [-0.2, 0) is 4.79 Å². The van der Waals surface area contributed by atoms with Crippen molar-refractivity contribution in [1.29, 1.82) is 0 Å². The zero-order chi connectivity index (χ0) is 14.3. The summed E-state index contributed by atoms with van der Waals surface area (Å²) in [6.45, 7) is 9.39.